The predicted octanol–water partition coefficient (Wildman–Crippen LogP) is 2.53. The summed E-state index contributed by atoms with van der Waals surface area (Å²) in [6.45, 7) is 11.1. The first kappa shape index (κ1) is 16.1. The molecular formula is C16H29N5. The highest BCUT2D eigenvalue weighted by atomic mass is 15.2. The Morgan fingerprint density at radius 1 is 1.05 bits per heavy atom. The Labute approximate surface area is 128 Å². The molecule has 0 bridgehead atoms. The first-order chi connectivity index (χ1) is 10.2. The molecule has 0 aromatic carbocycles. The van der Waals surface area contributed by atoms with Crippen molar-refractivity contribution in [2.75, 3.05) is 31.5 Å². The van der Waals surface area contributed by atoms with Crippen molar-refractivity contribution in [1.29, 1.82) is 0 Å². The zero-order valence-electron chi connectivity index (χ0n) is 13.7. The Kier molecular flexibility index (Phi) is 6.36. The first-order valence-corrected chi connectivity index (χ1v) is 8.41. The molecule has 1 saturated heterocycles. The number of nitrogens with zero attached hydrogens (tertiary/aromatic N) is 4. The molecule has 1 atom stereocenters. The van der Waals surface area contributed by atoms with E-state index in [4.69, 9.17) is 0 Å². The van der Waals surface area contributed by atoms with E-state index in [1.54, 1.807) is 0 Å². The normalized spacial score (nSPS) is 17.7. The third kappa shape index (κ3) is 4.92. The van der Waals surface area contributed by atoms with Crippen LogP contribution in [0.15, 0.2) is 0 Å². The molecular weight excluding hydrogens is 262 g/mol. The minimum atomic E-state index is 0.600. The van der Waals surface area contributed by atoms with E-state index in [0.717, 1.165) is 37.3 Å². The average molecular weight is 291 g/mol. The Bertz CT molecular complexity index is 429. The molecule has 2 heterocycles. The van der Waals surface area contributed by atoms with Crippen LogP contribution in [0.2, 0.25) is 0 Å². The topological polar surface area (TPSA) is 53.9 Å². The summed E-state index contributed by atoms with van der Waals surface area (Å²) < 4.78 is 0. The maximum absolute atomic E-state index is 4.58. The number of piperidine rings is 1. The van der Waals surface area contributed by atoms with Gasteiger partial charge in [0.2, 0.25) is 5.95 Å². The molecule has 2 rings (SSSR count). The molecule has 1 N–H and O–H groups in total. The lowest BCUT2D eigenvalue weighted by atomic mass is 10.1. The van der Waals surface area contributed by atoms with Crippen molar-refractivity contribution in [3.63, 3.8) is 0 Å². The molecule has 21 heavy (non-hydrogen) atoms. The Morgan fingerprint density at radius 3 is 2.43 bits per heavy atom. The van der Waals surface area contributed by atoms with Crippen molar-refractivity contribution in [3.05, 3.63) is 11.4 Å². The highest BCUT2D eigenvalue weighted by Crippen LogP contribution is 2.12. The van der Waals surface area contributed by atoms with Crippen LogP contribution < -0.4 is 5.32 Å². The molecule has 1 aliphatic rings. The summed E-state index contributed by atoms with van der Waals surface area (Å²) in [5.41, 5.74) is 2.09. The molecule has 0 aliphatic carbocycles. The Morgan fingerprint density at radius 2 is 1.76 bits per heavy atom. The van der Waals surface area contributed by atoms with Crippen molar-refractivity contribution in [3.8, 4) is 0 Å². The number of aryl methyl sites for hydroxylation is 2. The lowest BCUT2D eigenvalue weighted by molar-refractivity contribution is 0.204. The maximum atomic E-state index is 4.58. The molecule has 5 heteroatoms. The van der Waals surface area contributed by atoms with Gasteiger partial charge in [0.1, 0.15) is 0 Å². The number of anilines is 1. The number of rotatable bonds is 7. The van der Waals surface area contributed by atoms with Crippen LogP contribution in [0.5, 0.6) is 0 Å². The predicted molar refractivity (Wildman–Crippen MR) is 86.5 cm³/mol. The van der Waals surface area contributed by atoms with Crippen LogP contribution in [0.1, 0.15) is 51.4 Å². The van der Waals surface area contributed by atoms with Crippen LogP contribution in [-0.4, -0.2) is 46.3 Å². The standard InChI is InChI=1S/C16H29N5/c1-4-14-15(5-2)19-20-16(18-14)17-11-13(3)12-21-9-7-6-8-10-21/h13H,4-12H2,1-3H3,(H,17,18,20). The molecule has 0 saturated carbocycles. The van der Waals surface area contributed by atoms with Crippen LogP contribution in [0.25, 0.3) is 0 Å². The second-order valence-electron chi connectivity index (χ2n) is 6.08. The van der Waals surface area contributed by atoms with Gasteiger partial charge in [0, 0.05) is 13.1 Å². The van der Waals surface area contributed by atoms with Gasteiger partial charge in [-0.05, 0) is 44.7 Å². The lowest BCUT2D eigenvalue weighted by Gasteiger charge is -2.29. The van der Waals surface area contributed by atoms with Gasteiger partial charge in [-0.15, -0.1) is 5.10 Å². The van der Waals surface area contributed by atoms with Gasteiger partial charge in [-0.3, -0.25) is 0 Å². The second-order valence-corrected chi connectivity index (χ2v) is 6.08. The van der Waals surface area contributed by atoms with Crippen molar-refractivity contribution in [2.24, 2.45) is 5.92 Å². The summed E-state index contributed by atoms with van der Waals surface area (Å²) in [6.07, 6.45) is 5.91. The fraction of sp³-hybridized carbons (Fsp3) is 0.812. The number of hydrogen-bond donors (Lipinski definition) is 1. The van der Waals surface area contributed by atoms with Crippen LogP contribution in [-0.2, 0) is 12.8 Å². The number of aromatic nitrogens is 3. The summed E-state index contributed by atoms with van der Waals surface area (Å²) >= 11 is 0. The zero-order chi connectivity index (χ0) is 15.1. The molecule has 1 aliphatic heterocycles. The summed E-state index contributed by atoms with van der Waals surface area (Å²) in [4.78, 5) is 7.16. The van der Waals surface area contributed by atoms with E-state index in [1.807, 2.05) is 0 Å². The molecule has 0 radical (unpaired) electrons. The van der Waals surface area contributed by atoms with Crippen molar-refractivity contribution in [1.82, 2.24) is 20.1 Å². The van der Waals surface area contributed by atoms with Crippen LogP contribution >= 0.6 is 0 Å². The van der Waals surface area contributed by atoms with Gasteiger partial charge in [-0.1, -0.05) is 27.2 Å². The fourth-order valence-corrected chi connectivity index (χ4v) is 2.93. The molecule has 118 valence electrons. The molecule has 0 spiro atoms. The quantitative estimate of drug-likeness (QED) is 0.836. The highest BCUT2D eigenvalue weighted by molar-refractivity contribution is 5.25. The minimum Gasteiger partial charge on any atom is -0.353 e. The van der Waals surface area contributed by atoms with E-state index >= 15 is 0 Å². The highest BCUT2D eigenvalue weighted by Gasteiger charge is 2.14. The summed E-state index contributed by atoms with van der Waals surface area (Å²) in [6, 6.07) is 0. The van der Waals surface area contributed by atoms with E-state index in [-0.39, 0.29) is 0 Å². The van der Waals surface area contributed by atoms with Gasteiger partial charge < -0.3 is 10.2 Å². The fourth-order valence-electron chi connectivity index (χ4n) is 2.93. The van der Waals surface area contributed by atoms with Crippen LogP contribution in [0.4, 0.5) is 5.95 Å². The summed E-state index contributed by atoms with van der Waals surface area (Å²) in [5.74, 6) is 1.28. The smallest absolute Gasteiger partial charge is 0.242 e. The van der Waals surface area contributed by atoms with Crippen molar-refractivity contribution in [2.45, 2.75) is 52.9 Å². The molecule has 1 aromatic rings. The number of nitrogens with one attached hydrogen (secondary N) is 1. The van der Waals surface area contributed by atoms with Crippen molar-refractivity contribution >= 4 is 5.95 Å². The van der Waals surface area contributed by atoms with E-state index < -0.39 is 0 Å². The van der Waals surface area contributed by atoms with E-state index in [9.17, 15) is 0 Å². The largest absolute Gasteiger partial charge is 0.353 e. The Balaban J connectivity index is 1.81. The summed E-state index contributed by atoms with van der Waals surface area (Å²) in [7, 11) is 0. The molecule has 1 aromatic heterocycles. The number of likely N-dealkylation sites (tertiary alicyclic amines) is 1. The first-order valence-electron chi connectivity index (χ1n) is 8.41. The monoisotopic (exact) mass is 291 g/mol. The van der Waals surface area contributed by atoms with Gasteiger partial charge in [0.25, 0.3) is 0 Å². The van der Waals surface area contributed by atoms with E-state index in [0.29, 0.717) is 11.9 Å². The maximum Gasteiger partial charge on any atom is 0.242 e. The van der Waals surface area contributed by atoms with Gasteiger partial charge in [0.15, 0.2) is 0 Å². The molecule has 0 amide bonds. The van der Waals surface area contributed by atoms with Crippen LogP contribution in [0.3, 0.4) is 0 Å². The third-order valence-corrected chi connectivity index (χ3v) is 4.14. The average Bonchev–Trinajstić information content (AvgIpc) is 2.53. The second kappa shape index (κ2) is 8.27. The minimum absolute atomic E-state index is 0.600. The molecule has 1 fully saturated rings. The van der Waals surface area contributed by atoms with Gasteiger partial charge >= 0.3 is 0 Å². The third-order valence-electron chi connectivity index (χ3n) is 4.14. The van der Waals surface area contributed by atoms with Gasteiger partial charge in [0.05, 0.1) is 11.4 Å². The Hall–Kier alpha value is -1.23. The van der Waals surface area contributed by atoms with E-state index in [2.05, 4.69) is 46.2 Å². The molecule has 1 unspecified atom stereocenters. The zero-order valence-corrected chi connectivity index (χ0v) is 13.7. The SMILES string of the molecule is CCc1nnc(NCC(C)CN2CCCCC2)nc1CC. The number of hydrogen-bond acceptors (Lipinski definition) is 5. The van der Waals surface area contributed by atoms with Gasteiger partial charge in [-0.25, -0.2) is 4.98 Å². The lowest BCUT2D eigenvalue weighted by Crippen LogP contribution is -2.35. The van der Waals surface area contributed by atoms with Gasteiger partial charge in [-0.2, -0.15) is 5.10 Å². The van der Waals surface area contributed by atoms with Crippen LogP contribution in [0, 0.1) is 5.92 Å². The van der Waals surface area contributed by atoms with E-state index in [1.165, 1.54) is 32.4 Å². The summed E-state index contributed by atoms with van der Waals surface area (Å²) in [5, 5.41) is 11.8. The molecule has 5 nitrogen and oxygen atoms in total. The van der Waals surface area contributed by atoms with Crippen molar-refractivity contribution < 1.29 is 0 Å².